The van der Waals surface area contributed by atoms with Gasteiger partial charge in [-0.1, -0.05) is 31.2 Å². The number of nitrogens with zero attached hydrogens (tertiary/aromatic N) is 1. The first-order chi connectivity index (χ1) is 8.88. The minimum atomic E-state index is 0.759. The van der Waals surface area contributed by atoms with Gasteiger partial charge in [-0.15, -0.1) is 0 Å². The second-order valence-electron chi connectivity index (χ2n) is 5.64. The second-order valence-corrected chi connectivity index (χ2v) is 5.64. The van der Waals surface area contributed by atoms with Crippen LogP contribution >= 0.6 is 0 Å². The third kappa shape index (κ3) is 2.32. The molecule has 3 rings (SSSR count). The largest absolute Gasteiger partial charge is 0.315 e. The summed E-state index contributed by atoms with van der Waals surface area (Å²) in [6.45, 7) is 5.90. The highest BCUT2D eigenvalue weighted by atomic mass is 15.2. The van der Waals surface area contributed by atoms with Gasteiger partial charge >= 0.3 is 0 Å². The average molecular weight is 244 g/mol. The number of aryl methyl sites for hydroxylation is 1. The monoisotopic (exact) mass is 244 g/mol. The molecule has 2 aliphatic rings. The van der Waals surface area contributed by atoms with Crippen LogP contribution in [-0.2, 0) is 12.8 Å². The molecule has 1 saturated heterocycles. The summed E-state index contributed by atoms with van der Waals surface area (Å²) in [5, 5.41) is 3.50. The summed E-state index contributed by atoms with van der Waals surface area (Å²) in [6, 6.07) is 10.5. The van der Waals surface area contributed by atoms with Crippen LogP contribution in [0.3, 0.4) is 0 Å². The third-order valence-electron chi connectivity index (χ3n) is 4.66. The Hall–Kier alpha value is -0.860. The van der Waals surface area contributed by atoms with Crippen molar-refractivity contribution in [1.29, 1.82) is 0 Å². The zero-order chi connectivity index (χ0) is 12.4. The van der Waals surface area contributed by atoms with Crippen LogP contribution in [0.4, 0.5) is 0 Å². The average Bonchev–Trinajstić information content (AvgIpc) is 2.93. The number of fused-ring (bicyclic) bond motifs is 1. The molecule has 0 bridgehead atoms. The molecular weight excluding hydrogens is 220 g/mol. The van der Waals surface area contributed by atoms with Gasteiger partial charge in [-0.05, 0) is 49.9 Å². The van der Waals surface area contributed by atoms with Gasteiger partial charge in [-0.25, -0.2) is 0 Å². The Morgan fingerprint density at radius 2 is 2.00 bits per heavy atom. The second kappa shape index (κ2) is 5.41. The van der Waals surface area contributed by atoms with Gasteiger partial charge in [0.2, 0.25) is 0 Å². The molecule has 1 N–H and O–H groups in total. The van der Waals surface area contributed by atoms with Gasteiger partial charge in [0.05, 0.1) is 0 Å². The first kappa shape index (κ1) is 12.2. The Kier molecular flexibility index (Phi) is 3.67. The van der Waals surface area contributed by atoms with Crippen LogP contribution in [0.1, 0.15) is 30.9 Å². The summed E-state index contributed by atoms with van der Waals surface area (Å²) < 4.78 is 0. The Bertz CT molecular complexity index is 396. The van der Waals surface area contributed by atoms with E-state index in [1.54, 1.807) is 11.1 Å². The van der Waals surface area contributed by atoms with Crippen LogP contribution < -0.4 is 5.32 Å². The lowest BCUT2D eigenvalue weighted by molar-refractivity contribution is 0.138. The highest BCUT2D eigenvalue weighted by Gasteiger charge is 2.29. The van der Waals surface area contributed by atoms with Crippen LogP contribution in [0.25, 0.3) is 0 Å². The molecule has 1 aliphatic carbocycles. The Labute approximate surface area is 110 Å². The van der Waals surface area contributed by atoms with E-state index in [2.05, 4.69) is 41.4 Å². The van der Waals surface area contributed by atoms with Crippen LogP contribution in [0.15, 0.2) is 24.3 Å². The quantitative estimate of drug-likeness (QED) is 0.877. The van der Waals surface area contributed by atoms with Crippen LogP contribution in [0, 0.1) is 0 Å². The molecule has 2 heteroatoms. The first-order valence-corrected chi connectivity index (χ1v) is 7.41. The fourth-order valence-corrected chi connectivity index (χ4v) is 3.70. The van der Waals surface area contributed by atoms with Crippen molar-refractivity contribution >= 4 is 0 Å². The van der Waals surface area contributed by atoms with Gasteiger partial charge in [0, 0.05) is 18.6 Å². The number of hydrogen-bond donors (Lipinski definition) is 1. The van der Waals surface area contributed by atoms with E-state index in [0.29, 0.717) is 0 Å². The lowest BCUT2D eigenvalue weighted by Gasteiger charge is -2.38. The summed E-state index contributed by atoms with van der Waals surface area (Å²) in [6.07, 6.45) is 5.17. The fourth-order valence-electron chi connectivity index (χ4n) is 3.70. The summed E-state index contributed by atoms with van der Waals surface area (Å²) in [5.41, 5.74) is 3.16. The topological polar surface area (TPSA) is 15.3 Å². The Morgan fingerprint density at radius 3 is 2.72 bits per heavy atom. The Morgan fingerprint density at radius 1 is 1.17 bits per heavy atom. The molecule has 18 heavy (non-hydrogen) atoms. The number of nitrogens with one attached hydrogen (secondary N) is 1. The smallest absolute Gasteiger partial charge is 0.0235 e. The van der Waals surface area contributed by atoms with Crippen LogP contribution in [-0.4, -0.2) is 36.6 Å². The van der Waals surface area contributed by atoms with E-state index in [4.69, 9.17) is 0 Å². The lowest BCUT2D eigenvalue weighted by Crippen LogP contribution is -2.46. The zero-order valence-corrected chi connectivity index (χ0v) is 11.4. The zero-order valence-electron chi connectivity index (χ0n) is 11.4. The van der Waals surface area contributed by atoms with E-state index < -0.39 is 0 Å². The first-order valence-electron chi connectivity index (χ1n) is 7.41. The highest BCUT2D eigenvalue weighted by Crippen LogP contribution is 2.26. The number of likely N-dealkylation sites (N-methyl/N-ethyl adjacent to an activating group) is 1. The normalized spacial score (nSPS) is 27.4. The molecule has 1 heterocycles. The molecule has 0 aromatic heterocycles. The van der Waals surface area contributed by atoms with Crippen molar-refractivity contribution in [3.63, 3.8) is 0 Å². The molecule has 1 aromatic rings. The predicted molar refractivity (Wildman–Crippen MR) is 75.9 cm³/mol. The molecule has 2 atom stereocenters. The Balaban J connectivity index is 1.73. The van der Waals surface area contributed by atoms with Crippen molar-refractivity contribution in [2.75, 3.05) is 19.6 Å². The summed E-state index contributed by atoms with van der Waals surface area (Å²) in [5.74, 6) is 0. The molecule has 2 nitrogen and oxygen atoms in total. The van der Waals surface area contributed by atoms with E-state index in [-0.39, 0.29) is 0 Å². The van der Waals surface area contributed by atoms with Crippen LogP contribution in [0.5, 0.6) is 0 Å². The molecule has 2 unspecified atom stereocenters. The maximum Gasteiger partial charge on any atom is 0.0235 e. The maximum absolute atomic E-state index is 3.50. The predicted octanol–water partition coefficient (Wildman–Crippen LogP) is 2.23. The molecule has 0 amide bonds. The van der Waals surface area contributed by atoms with E-state index >= 15 is 0 Å². The van der Waals surface area contributed by atoms with E-state index in [9.17, 15) is 0 Å². The fraction of sp³-hybridized carbons (Fsp3) is 0.625. The van der Waals surface area contributed by atoms with Crippen molar-refractivity contribution in [3.8, 4) is 0 Å². The van der Waals surface area contributed by atoms with Gasteiger partial charge in [-0.3, -0.25) is 4.90 Å². The molecule has 1 aromatic carbocycles. The maximum atomic E-state index is 3.50. The SMILES string of the molecule is CCN(C1CCNC1)C1CCc2ccccc2C1. The standard InChI is InChI=1S/C16H24N2/c1-2-18(16-9-10-17-12-16)15-8-7-13-5-3-4-6-14(13)11-15/h3-6,15-17H,2,7-12H2,1H3. The van der Waals surface area contributed by atoms with Gasteiger partial charge in [-0.2, -0.15) is 0 Å². The van der Waals surface area contributed by atoms with Crippen LogP contribution in [0.2, 0.25) is 0 Å². The molecule has 98 valence electrons. The third-order valence-corrected chi connectivity index (χ3v) is 4.66. The van der Waals surface area contributed by atoms with Crippen molar-refractivity contribution in [3.05, 3.63) is 35.4 Å². The van der Waals surface area contributed by atoms with Crippen molar-refractivity contribution in [1.82, 2.24) is 10.2 Å². The molecular formula is C16H24N2. The lowest BCUT2D eigenvalue weighted by atomic mass is 9.87. The number of hydrogen-bond acceptors (Lipinski definition) is 2. The number of rotatable bonds is 3. The van der Waals surface area contributed by atoms with Gasteiger partial charge in [0.25, 0.3) is 0 Å². The summed E-state index contributed by atoms with van der Waals surface area (Å²) >= 11 is 0. The molecule has 0 spiro atoms. The molecule has 0 saturated carbocycles. The molecule has 1 fully saturated rings. The van der Waals surface area contributed by atoms with E-state index in [0.717, 1.165) is 12.1 Å². The van der Waals surface area contributed by atoms with E-state index in [1.165, 1.54) is 45.3 Å². The number of benzene rings is 1. The van der Waals surface area contributed by atoms with Gasteiger partial charge < -0.3 is 5.32 Å². The minimum absolute atomic E-state index is 0.759. The molecule has 1 aliphatic heterocycles. The summed E-state index contributed by atoms with van der Waals surface area (Å²) in [7, 11) is 0. The minimum Gasteiger partial charge on any atom is -0.315 e. The van der Waals surface area contributed by atoms with Gasteiger partial charge in [0.1, 0.15) is 0 Å². The van der Waals surface area contributed by atoms with E-state index in [1.807, 2.05) is 0 Å². The molecule has 0 radical (unpaired) electrons. The van der Waals surface area contributed by atoms with Gasteiger partial charge in [0.15, 0.2) is 0 Å². The summed E-state index contributed by atoms with van der Waals surface area (Å²) in [4.78, 5) is 2.75. The van der Waals surface area contributed by atoms with Crippen molar-refractivity contribution in [2.24, 2.45) is 0 Å². The van der Waals surface area contributed by atoms with Crippen molar-refractivity contribution < 1.29 is 0 Å². The highest BCUT2D eigenvalue weighted by molar-refractivity contribution is 5.30. The van der Waals surface area contributed by atoms with Crippen molar-refractivity contribution in [2.45, 2.75) is 44.7 Å².